The van der Waals surface area contributed by atoms with Gasteiger partial charge in [0.2, 0.25) is 0 Å². The van der Waals surface area contributed by atoms with Crippen molar-refractivity contribution in [1.29, 1.82) is 0 Å². The molecule has 0 heterocycles. The van der Waals surface area contributed by atoms with Gasteiger partial charge in [-0.2, -0.15) is 0 Å². The second-order valence-corrected chi connectivity index (χ2v) is 4.05. The third-order valence-corrected chi connectivity index (χ3v) is 2.38. The Morgan fingerprint density at radius 2 is 2.00 bits per heavy atom. The number of benzene rings is 1. The zero-order chi connectivity index (χ0) is 14.8. The highest BCUT2D eigenvalue weighted by atomic mass is 35.5. The monoisotopic (exact) mass is 294 g/mol. The Morgan fingerprint density at radius 3 is 2.70 bits per heavy atom. The molecule has 0 aliphatic rings. The fraction of sp³-hybridized carbons (Fsp3) is 0.143. The lowest BCUT2D eigenvalue weighted by Gasteiger charge is -2.08. The largest absolute Gasteiger partial charge is 0.482 e. The molecule has 2 N–H and O–H groups in total. The zero-order valence-electron chi connectivity index (χ0n) is 10.9. The van der Waals surface area contributed by atoms with E-state index in [4.69, 9.17) is 16.3 Å². The summed E-state index contributed by atoms with van der Waals surface area (Å²) in [6.07, 6.45) is 6.32. The molecular weight excluding hydrogens is 280 g/mol. The van der Waals surface area contributed by atoms with Crippen LogP contribution in [0.15, 0.2) is 48.6 Å². The first-order chi connectivity index (χ1) is 9.63. The van der Waals surface area contributed by atoms with Gasteiger partial charge in [0.25, 0.3) is 11.8 Å². The van der Waals surface area contributed by atoms with Crippen molar-refractivity contribution in [1.82, 2.24) is 10.9 Å². The Morgan fingerprint density at radius 1 is 1.25 bits per heavy atom. The average Bonchev–Trinajstić information content (AvgIpc) is 2.44. The lowest BCUT2D eigenvalue weighted by Crippen LogP contribution is -2.43. The van der Waals surface area contributed by atoms with E-state index in [1.807, 2.05) is 6.92 Å². The van der Waals surface area contributed by atoms with Crippen LogP contribution in [0.4, 0.5) is 0 Å². The van der Waals surface area contributed by atoms with Gasteiger partial charge in [0.1, 0.15) is 5.75 Å². The van der Waals surface area contributed by atoms with E-state index in [2.05, 4.69) is 10.9 Å². The number of rotatable bonds is 5. The van der Waals surface area contributed by atoms with Crippen LogP contribution in [0.5, 0.6) is 5.75 Å². The van der Waals surface area contributed by atoms with Crippen molar-refractivity contribution in [2.75, 3.05) is 6.61 Å². The van der Waals surface area contributed by atoms with Crippen LogP contribution < -0.4 is 15.6 Å². The number of amides is 2. The number of hydrogen-bond donors (Lipinski definition) is 2. The van der Waals surface area contributed by atoms with E-state index in [9.17, 15) is 9.59 Å². The highest BCUT2D eigenvalue weighted by Crippen LogP contribution is 2.22. The first-order valence-electron chi connectivity index (χ1n) is 5.89. The number of para-hydroxylation sites is 1. The standard InChI is InChI=1S/C14H15ClN2O3/c1-2-3-4-9-13(18)16-17-14(19)10-20-12-8-6-5-7-11(12)15/h2-9H,10H2,1H3,(H,16,18)(H,17,19)/b3-2+,9-4+. The van der Waals surface area contributed by atoms with Crippen LogP contribution in [0.3, 0.4) is 0 Å². The number of ether oxygens (including phenoxy) is 1. The molecule has 1 aromatic rings. The van der Waals surface area contributed by atoms with Gasteiger partial charge < -0.3 is 4.74 Å². The fourth-order valence-corrected chi connectivity index (χ4v) is 1.36. The first-order valence-corrected chi connectivity index (χ1v) is 6.26. The summed E-state index contributed by atoms with van der Waals surface area (Å²) >= 11 is 5.86. The van der Waals surface area contributed by atoms with Gasteiger partial charge >= 0.3 is 0 Å². The predicted molar refractivity (Wildman–Crippen MR) is 77.2 cm³/mol. The van der Waals surface area contributed by atoms with Crippen LogP contribution in [-0.4, -0.2) is 18.4 Å². The van der Waals surface area contributed by atoms with E-state index in [1.54, 1.807) is 42.5 Å². The topological polar surface area (TPSA) is 67.4 Å². The van der Waals surface area contributed by atoms with Crippen LogP contribution in [-0.2, 0) is 9.59 Å². The molecular formula is C14H15ClN2O3. The Kier molecular flexibility index (Phi) is 6.92. The van der Waals surface area contributed by atoms with E-state index < -0.39 is 11.8 Å². The molecule has 0 atom stereocenters. The molecule has 106 valence electrons. The van der Waals surface area contributed by atoms with Crippen molar-refractivity contribution in [2.24, 2.45) is 0 Å². The predicted octanol–water partition coefficient (Wildman–Crippen LogP) is 2.00. The van der Waals surface area contributed by atoms with E-state index in [1.165, 1.54) is 6.08 Å². The molecule has 0 fully saturated rings. The van der Waals surface area contributed by atoms with Crippen LogP contribution >= 0.6 is 11.6 Å². The van der Waals surface area contributed by atoms with Crippen LogP contribution in [0.1, 0.15) is 6.92 Å². The van der Waals surface area contributed by atoms with Crippen molar-refractivity contribution in [2.45, 2.75) is 6.92 Å². The Hall–Kier alpha value is -2.27. The summed E-state index contributed by atoms with van der Waals surface area (Å²) in [6.45, 7) is 1.58. The second kappa shape index (κ2) is 8.77. The summed E-state index contributed by atoms with van der Waals surface area (Å²) in [5, 5.41) is 0.415. The van der Waals surface area contributed by atoms with Crippen molar-refractivity contribution in [3.05, 3.63) is 53.6 Å². The van der Waals surface area contributed by atoms with Crippen molar-refractivity contribution in [3.8, 4) is 5.75 Å². The van der Waals surface area contributed by atoms with Crippen LogP contribution in [0, 0.1) is 0 Å². The maximum Gasteiger partial charge on any atom is 0.276 e. The molecule has 1 rings (SSSR count). The Balaban J connectivity index is 2.31. The minimum atomic E-state index is -0.488. The molecule has 0 spiro atoms. The van der Waals surface area contributed by atoms with Crippen molar-refractivity contribution >= 4 is 23.4 Å². The zero-order valence-corrected chi connectivity index (χ0v) is 11.7. The lowest BCUT2D eigenvalue weighted by molar-refractivity contribution is -0.128. The third-order valence-electron chi connectivity index (χ3n) is 2.07. The molecule has 0 saturated carbocycles. The van der Waals surface area contributed by atoms with E-state index in [0.717, 1.165) is 0 Å². The SMILES string of the molecule is C/C=C/C=C/C(=O)NNC(=O)COc1ccccc1Cl. The second-order valence-electron chi connectivity index (χ2n) is 3.64. The third kappa shape index (κ3) is 6.06. The van der Waals surface area contributed by atoms with Gasteiger partial charge in [-0.15, -0.1) is 0 Å². The summed E-state index contributed by atoms with van der Waals surface area (Å²) < 4.78 is 5.20. The maximum absolute atomic E-state index is 11.4. The number of hydrogen-bond acceptors (Lipinski definition) is 3. The quantitative estimate of drug-likeness (QED) is 0.496. The van der Waals surface area contributed by atoms with Gasteiger partial charge in [0.15, 0.2) is 6.61 Å². The summed E-state index contributed by atoms with van der Waals surface area (Å²) in [4.78, 5) is 22.7. The van der Waals surface area contributed by atoms with E-state index >= 15 is 0 Å². The van der Waals surface area contributed by atoms with Gasteiger partial charge in [-0.05, 0) is 19.1 Å². The molecule has 20 heavy (non-hydrogen) atoms. The molecule has 0 unspecified atom stereocenters. The molecule has 0 aliphatic heterocycles. The van der Waals surface area contributed by atoms with Gasteiger partial charge in [-0.3, -0.25) is 20.4 Å². The number of nitrogens with one attached hydrogen (secondary N) is 2. The minimum absolute atomic E-state index is 0.247. The fourth-order valence-electron chi connectivity index (χ4n) is 1.17. The molecule has 0 aromatic heterocycles. The smallest absolute Gasteiger partial charge is 0.276 e. The highest BCUT2D eigenvalue weighted by molar-refractivity contribution is 6.32. The van der Waals surface area contributed by atoms with Crippen molar-refractivity contribution in [3.63, 3.8) is 0 Å². The maximum atomic E-state index is 11.4. The minimum Gasteiger partial charge on any atom is -0.482 e. The summed E-state index contributed by atoms with van der Waals surface area (Å²) in [5.41, 5.74) is 4.44. The number of allylic oxidation sites excluding steroid dienone is 3. The number of carbonyl (C=O) groups is 2. The molecule has 2 amide bonds. The normalized spacial score (nSPS) is 10.7. The van der Waals surface area contributed by atoms with E-state index in [0.29, 0.717) is 10.8 Å². The first kappa shape index (κ1) is 15.8. The number of carbonyl (C=O) groups excluding carboxylic acids is 2. The number of halogens is 1. The number of hydrazine groups is 1. The molecule has 0 bridgehead atoms. The lowest BCUT2D eigenvalue weighted by atomic mass is 10.3. The summed E-state index contributed by atoms with van der Waals surface area (Å²) in [7, 11) is 0. The molecule has 6 heteroatoms. The van der Waals surface area contributed by atoms with Gasteiger partial charge in [0.05, 0.1) is 5.02 Å². The molecule has 0 aliphatic carbocycles. The van der Waals surface area contributed by atoms with Gasteiger partial charge in [0, 0.05) is 6.08 Å². The molecule has 1 aromatic carbocycles. The Bertz CT molecular complexity index is 527. The van der Waals surface area contributed by atoms with Gasteiger partial charge in [-0.25, -0.2) is 0 Å². The highest BCUT2D eigenvalue weighted by Gasteiger charge is 2.05. The van der Waals surface area contributed by atoms with Crippen LogP contribution in [0.2, 0.25) is 5.02 Å². The van der Waals surface area contributed by atoms with Crippen molar-refractivity contribution < 1.29 is 14.3 Å². The summed E-state index contributed by atoms with van der Waals surface area (Å²) in [5.74, 6) is -0.518. The summed E-state index contributed by atoms with van der Waals surface area (Å²) in [6, 6.07) is 6.80. The average molecular weight is 295 g/mol. The van der Waals surface area contributed by atoms with E-state index in [-0.39, 0.29) is 6.61 Å². The van der Waals surface area contributed by atoms with Gasteiger partial charge in [-0.1, -0.05) is 42.0 Å². The van der Waals surface area contributed by atoms with Crippen LogP contribution in [0.25, 0.3) is 0 Å². The molecule has 5 nitrogen and oxygen atoms in total. The Labute approximate surface area is 122 Å². The molecule has 0 radical (unpaired) electrons. The molecule has 0 saturated heterocycles.